The van der Waals surface area contributed by atoms with Crippen LogP contribution in [-0.4, -0.2) is 27.3 Å². The number of hydrogen-bond donors (Lipinski definition) is 0. The summed E-state index contributed by atoms with van der Waals surface area (Å²) in [5.74, 6) is 1.41. The first-order valence-electron chi connectivity index (χ1n) is 6.40. The summed E-state index contributed by atoms with van der Waals surface area (Å²) in [6.45, 7) is 0. The molecule has 0 unspecified atom stereocenters. The molecule has 6 heteroatoms. The van der Waals surface area contributed by atoms with Crippen molar-refractivity contribution in [3.63, 3.8) is 0 Å². The van der Waals surface area contributed by atoms with Gasteiger partial charge in [-0.05, 0) is 35.0 Å². The molecule has 0 atom stereocenters. The van der Waals surface area contributed by atoms with Gasteiger partial charge in [0.15, 0.2) is 0 Å². The van der Waals surface area contributed by atoms with Crippen molar-refractivity contribution in [1.82, 2.24) is 20.2 Å². The SMILES string of the molecule is COc1ccc(-n2nnc(-c3ccccc3CBr)n2)cc1. The molecule has 5 nitrogen and oxygen atoms in total. The Labute approximate surface area is 130 Å². The third kappa shape index (κ3) is 2.80. The highest BCUT2D eigenvalue weighted by molar-refractivity contribution is 9.08. The van der Waals surface area contributed by atoms with Gasteiger partial charge >= 0.3 is 0 Å². The highest BCUT2D eigenvalue weighted by atomic mass is 79.9. The zero-order valence-electron chi connectivity index (χ0n) is 11.4. The molecule has 0 N–H and O–H groups in total. The van der Waals surface area contributed by atoms with E-state index in [2.05, 4.69) is 31.3 Å². The van der Waals surface area contributed by atoms with Crippen molar-refractivity contribution >= 4 is 15.9 Å². The zero-order chi connectivity index (χ0) is 14.7. The smallest absolute Gasteiger partial charge is 0.205 e. The molecule has 0 saturated heterocycles. The molecule has 21 heavy (non-hydrogen) atoms. The van der Waals surface area contributed by atoms with Gasteiger partial charge in [-0.2, -0.15) is 0 Å². The minimum atomic E-state index is 0.612. The van der Waals surface area contributed by atoms with E-state index in [9.17, 15) is 0 Å². The molecule has 0 aliphatic rings. The lowest BCUT2D eigenvalue weighted by Gasteiger charge is -2.02. The highest BCUT2D eigenvalue weighted by Gasteiger charge is 2.10. The minimum Gasteiger partial charge on any atom is -0.497 e. The number of aromatic nitrogens is 4. The molecule has 0 bridgehead atoms. The Balaban J connectivity index is 1.95. The van der Waals surface area contributed by atoms with Gasteiger partial charge in [-0.25, -0.2) is 0 Å². The number of alkyl halides is 1. The van der Waals surface area contributed by atoms with Crippen molar-refractivity contribution < 1.29 is 4.74 Å². The number of rotatable bonds is 4. The molecule has 0 saturated carbocycles. The monoisotopic (exact) mass is 344 g/mol. The third-order valence-electron chi connectivity index (χ3n) is 3.12. The fraction of sp³-hybridized carbons (Fsp3) is 0.133. The summed E-state index contributed by atoms with van der Waals surface area (Å²) >= 11 is 3.48. The molecule has 1 heterocycles. The number of benzene rings is 2. The molecular formula is C15H13BrN4O. The lowest BCUT2D eigenvalue weighted by molar-refractivity contribution is 0.414. The van der Waals surface area contributed by atoms with Gasteiger partial charge in [0.25, 0.3) is 0 Å². The van der Waals surface area contributed by atoms with Crippen LogP contribution in [0.15, 0.2) is 48.5 Å². The summed E-state index contributed by atoms with van der Waals surface area (Å²) in [6.07, 6.45) is 0. The molecular weight excluding hydrogens is 332 g/mol. The van der Waals surface area contributed by atoms with Crippen molar-refractivity contribution in [3.8, 4) is 22.8 Å². The summed E-state index contributed by atoms with van der Waals surface area (Å²) < 4.78 is 5.14. The molecule has 0 aliphatic carbocycles. The van der Waals surface area contributed by atoms with E-state index in [0.717, 1.165) is 27.9 Å². The standard InChI is InChI=1S/C15H13BrN4O/c1-21-13-8-6-12(7-9-13)20-18-15(17-19-20)14-5-3-2-4-11(14)10-16/h2-9H,10H2,1H3. The fourth-order valence-electron chi connectivity index (χ4n) is 2.00. The Hall–Kier alpha value is -2.21. The van der Waals surface area contributed by atoms with Gasteiger partial charge in [0.05, 0.1) is 12.8 Å². The van der Waals surface area contributed by atoms with Gasteiger partial charge in [-0.15, -0.1) is 15.0 Å². The molecule has 0 aliphatic heterocycles. The molecule has 106 valence electrons. The van der Waals surface area contributed by atoms with Crippen molar-refractivity contribution in [3.05, 3.63) is 54.1 Å². The van der Waals surface area contributed by atoms with E-state index in [1.54, 1.807) is 7.11 Å². The molecule has 3 rings (SSSR count). The van der Waals surface area contributed by atoms with Gasteiger partial charge in [0.2, 0.25) is 5.82 Å². The molecule has 0 spiro atoms. The van der Waals surface area contributed by atoms with E-state index < -0.39 is 0 Å². The van der Waals surface area contributed by atoms with Crippen molar-refractivity contribution in [2.45, 2.75) is 5.33 Å². The maximum Gasteiger partial charge on any atom is 0.205 e. The molecule has 3 aromatic rings. The molecule has 1 aromatic heterocycles. The molecule has 0 radical (unpaired) electrons. The third-order valence-corrected chi connectivity index (χ3v) is 3.72. The number of tetrazole rings is 1. The largest absolute Gasteiger partial charge is 0.497 e. The van der Waals surface area contributed by atoms with Crippen molar-refractivity contribution in [2.24, 2.45) is 0 Å². The van der Waals surface area contributed by atoms with Gasteiger partial charge in [0.1, 0.15) is 5.75 Å². The van der Waals surface area contributed by atoms with Crippen LogP contribution in [0, 0.1) is 0 Å². The lowest BCUT2D eigenvalue weighted by Crippen LogP contribution is -1.99. The van der Waals surface area contributed by atoms with Crippen LogP contribution >= 0.6 is 15.9 Å². The topological polar surface area (TPSA) is 52.8 Å². The van der Waals surface area contributed by atoms with Crippen LogP contribution < -0.4 is 4.74 Å². The first-order chi connectivity index (χ1) is 10.3. The van der Waals surface area contributed by atoms with Crippen LogP contribution in [0.2, 0.25) is 0 Å². The number of hydrogen-bond acceptors (Lipinski definition) is 4. The Morgan fingerprint density at radius 1 is 1.10 bits per heavy atom. The van der Waals surface area contributed by atoms with E-state index in [0.29, 0.717) is 5.82 Å². The van der Waals surface area contributed by atoms with Crippen LogP contribution in [0.4, 0.5) is 0 Å². The van der Waals surface area contributed by atoms with Crippen LogP contribution in [0.1, 0.15) is 5.56 Å². The van der Waals surface area contributed by atoms with E-state index in [1.165, 1.54) is 4.80 Å². The van der Waals surface area contributed by atoms with Crippen LogP contribution in [0.5, 0.6) is 5.75 Å². The lowest BCUT2D eigenvalue weighted by atomic mass is 10.1. The van der Waals surface area contributed by atoms with Gasteiger partial charge < -0.3 is 4.74 Å². The van der Waals surface area contributed by atoms with Crippen molar-refractivity contribution in [1.29, 1.82) is 0 Å². The molecule has 0 fully saturated rings. The Bertz CT molecular complexity index is 739. The summed E-state index contributed by atoms with van der Waals surface area (Å²) in [6, 6.07) is 15.5. The Kier molecular flexibility index (Phi) is 3.96. The first-order valence-corrected chi connectivity index (χ1v) is 7.52. The first kappa shape index (κ1) is 13.8. The fourth-order valence-corrected chi connectivity index (χ4v) is 2.49. The second-order valence-corrected chi connectivity index (χ2v) is 4.95. The minimum absolute atomic E-state index is 0.612. The average Bonchev–Trinajstić information content (AvgIpc) is 3.04. The van der Waals surface area contributed by atoms with Gasteiger partial charge in [-0.3, -0.25) is 0 Å². The Morgan fingerprint density at radius 2 is 1.86 bits per heavy atom. The van der Waals surface area contributed by atoms with Crippen LogP contribution in [-0.2, 0) is 5.33 Å². The number of nitrogens with zero attached hydrogens (tertiary/aromatic N) is 4. The number of halogens is 1. The van der Waals surface area contributed by atoms with E-state index in [4.69, 9.17) is 4.74 Å². The number of methoxy groups -OCH3 is 1. The second kappa shape index (κ2) is 6.05. The summed E-state index contributed by atoms with van der Waals surface area (Å²) in [7, 11) is 1.64. The maximum absolute atomic E-state index is 5.14. The predicted molar refractivity (Wildman–Crippen MR) is 83.8 cm³/mol. The van der Waals surface area contributed by atoms with Gasteiger partial charge in [0, 0.05) is 10.9 Å². The summed E-state index contributed by atoms with van der Waals surface area (Å²) in [5.41, 5.74) is 2.95. The number of ether oxygens (including phenoxy) is 1. The summed E-state index contributed by atoms with van der Waals surface area (Å²) in [4.78, 5) is 1.51. The quantitative estimate of drug-likeness (QED) is 0.682. The molecule has 0 amide bonds. The predicted octanol–water partition coefficient (Wildman–Crippen LogP) is 3.23. The summed E-state index contributed by atoms with van der Waals surface area (Å²) in [5, 5.41) is 13.5. The van der Waals surface area contributed by atoms with Crippen molar-refractivity contribution in [2.75, 3.05) is 7.11 Å². The Morgan fingerprint density at radius 3 is 2.57 bits per heavy atom. The average molecular weight is 345 g/mol. The van der Waals surface area contributed by atoms with Crippen LogP contribution in [0.25, 0.3) is 17.1 Å². The zero-order valence-corrected chi connectivity index (χ0v) is 13.0. The van der Waals surface area contributed by atoms with Crippen LogP contribution in [0.3, 0.4) is 0 Å². The second-order valence-electron chi connectivity index (χ2n) is 4.39. The molecule has 2 aromatic carbocycles. The van der Waals surface area contributed by atoms with E-state index in [-0.39, 0.29) is 0 Å². The van der Waals surface area contributed by atoms with E-state index in [1.807, 2.05) is 48.5 Å². The van der Waals surface area contributed by atoms with Gasteiger partial charge in [-0.1, -0.05) is 40.2 Å². The normalized spacial score (nSPS) is 10.6. The van der Waals surface area contributed by atoms with E-state index >= 15 is 0 Å². The highest BCUT2D eigenvalue weighted by Crippen LogP contribution is 2.22. The maximum atomic E-state index is 5.14.